The van der Waals surface area contributed by atoms with E-state index in [0.717, 1.165) is 44.0 Å². The summed E-state index contributed by atoms with van der Waals surface area (Å²) in [5.74, 6) is -1.36. The minimum atomic E-state index is -4.75. The smallest absolute Gasteiger partial charge is 0.373 e. The number of alkyl halides is 3. The Morgan fingerprint density at radius 2 is 1.77 bits per heavy atom. The number of piperazine rings is 1. The zero-order chi connectivity index (χ0) is 30.9. The van der Waals surface area contributed by atoms with Crippen LogP contribution in [0.4, 0.5) is 28.9 Å². The first-order valence-electron chi connectivity index (χ1n) is 14.4. The van der Waals surface area contributed by atoms with E-state index in [9.17, 15) is 18.0 Å². The molecule has 5 rings (SSSR count). The number of nitrogens with one attached hydrogen (secondary N) is 2. The van der Waals surface area contributed by atoms with E-state index < -0.39 is 29.0 Å². The first-order chi connectivity index (χ1) is 20.4. The van der Waals surface area contributed by atoms with Gasteiger partial charge in [-0.1, -0.05) is 18.7 Å². The average molecular weight is 600 g/mol. The van der Waals surface area contributed by atoms with Crippen LogP contribution < -0.4 is 15.5 Å². The molecule has 2 saturated heterocycles. The van der Waals surface area contributed by atoms with Gasteiger partial charge in [-0.3, -0.25) is 9.69 Å². The zero-order valence-corrected chi connectivity index (χ0v) is 24.6. The molecule has 230 valence electrons. The van der Waals surface area contributed by atoms with Crippen molar-refractivity contribution in [3.05, 3.63) is 83.5 Å². The molecule has 0 saturated carbocycles. The highest BCUT2D eigenvalue weighted by atomic mass is 19.4. The van der Waals surface area contributed by atoms with Crippen molar-refractivity contribution in [2.45, 2.75) is 38.8 Å². The van der Waals surface area contributed by atoms with E-state index in [1.54, 1.807) is 30.3 Å². The minimum Gasteiger partial charge on any atom is -0.373 e. The van der Waals surface area contributed by atoms with Crippen LogP contribution >= 0.6 is 0 Å². The van der Waals surface area contributed by atoms with Crippen LogP contribution in [0.5, 0.6) is 0 Å². The predicted octanol–water partition coefficient (Wildman–Crippen LogP) is 5.28. The molecule has 2 N–H and O–H groups in total. The minimum absolute atomic E-state index is 0.0281. The third kappa shape index (κ3) is 7.29. The fourth-order valence-corrected chi connectivity index (χ4v) is 5.84. The van der Waals surface area contributed by atoms with Crippen LogP contribution in [0.1, 0.15) is 19.4 Å². The van der Waals surface area contributed by atoms with Gasteiger partial charge in [0.1, 0.15) is 5.82 Å². The molecule has 7 nitrogen and oxygen atoms in total. The number of dihydropyridines is 1. The molecule has 0 bridgehead atoms. The Kier molecular flexibility index (Phi) is 8.96. The second-order valence-corrected chi connectivity index (χ2v) is 11.5. The van der Waals surface area contributed by atoms with Crippen LogP contribution in [0.25, 0.3) is 11.1 Å². The maximum atomic E-state index is 15.3. The third-order valence-electron chi connectivity index (χ3n) is 7.89. The van der Waals surface area contributed by atoms with Gasteiger partial charge in [-0.05, 0) is 62.4 Å². The normalized spacial score (nSPS) is 22.1. The molecule has 0 spiro atoms. The number of anilines is 2. The molecule has 2 fully saturated rings. The molecule has 0 aromatic heterocycles. The van der Waals surface area contributed by atoms with Crippen molar-refractivity contribution in [1.82, 2.24) is 15.1 Å². The van der Waals surface area contributed by atoms with E-state index in [2.05, 4.69) is 31.9 Å². The SMILES string of the molecule is C=C1C=C(C(F)(F)F)C(C(=O)Nc2cc(-c3cc(CN4C[C@@H](C)O[C@@H](C)C4)ccc3F)ccc2N2CCN(C)CC2)=CN1. The van der Waals surface area contributed by atoms with E-state index in [1.165, 1.54) is 6.07 Å². The number of rotatable bonds is 6. The molecular formula is C32H37F4N5O2. The molecule has 2 aromatic carbocycles. The monoisotopic (exact) mass is 599 g/mol. The van der Waals surface area contributed by atoms with Crippen molar-refractivity contribution in [2.75, 3.05) is 56.5 Å². The molecule has 3 heterocycles. The van der Waals surface area contributed by atoms with Crippen LogP contribution in [0.15, 0.2) is 72.1 Å². The summed E-state index contributed by atoms with van der Waals surface area (Å²) in [6.07, 6.45) is -2.75. The number of morpholine rings is 1. The standard InChI is InChI=1S/C32H37F4N5O2/c1-20-13-27(32(34,35)36)26(16-37-20)31(42)38-29-15-24(6-8-30(29)41-11-9-39(4)10-12-41)25-14-23(5-7-28(25)33)19-40-17-21(2)43-22(3)18-40/h5-8,13-16,21-22,37H,1,9-12,17-19H2,2-4H3,(H,38,42)/t21-,22+. The Hall–Kier alpha value is -3.67. The Balaban J connectivity index is 1.47. The fourth-order valence-electron chi connectivity index (χ4n) is 5.84. The highest BCUT2D eigenvalue weighted by Crippen LogP contribution is 2.37. The molecule has 0 aliphatic carbocycles. The van der Waals surface area contributed by atoms with Crippen molar-refractivity contribution in [1.29, 1.82) is 0 Å². The summed E-state index contributed by atoms with van der Waals surface area (Å²) in [5, 5.41) is 5.31. The molecule has 2 atom stereocenters. The summed E-state index contributed by atoms with van der Waals surface area (Å²) in [7, 11) is 2.01. The van der Waals surface area contributed by atoms with Crippen molar-refractivity contribution in [3.63, 3.8) is 0 Å². The maximum absolute atomic E-state index is 15.3. The molecule has 0 unspecified atom stereocenters. The lowest BCUT2D eigenvalue weighted by atomic mass is 9.99. The van der Waals surface area contributed by atoms with Crippen LogP contribution in [-0.2, 0) is 16.1 Å². The number of amides is 1. The summed E-state index contributed by atoms with van der Waals surface area (Å²) >= 11 is 0. The van der Waals surface area contributed by atoms with Crippen molar-refractivity contribution in [3.8, 4) is 11.1 Å². The largest absolute Gasteiger partial charge is 0.417 e. The van der Waals surface area contributed by atoms with Gasteiger partial charge in [0, 0.05) is 63.3 Å². The quantitative estimate of drug-likeness (QED) is 0.441. The number of carbonyl (C=O) groups is 1. The first kappa shape index (κ1) is 30.8. The lowest BCUT2D eigenvalue weighted by Crippen LogP contribution is -2.44. The number of carbonyl (C=O) groups excluding carboxylic acids is 1. The number of nitrogens with zero attached hydrogens (tertiary/aromatic N) is 3. The average Bonchev–Trinajstić information content (AvgIpc) is 2.93. The molecule has 43 heavy (non-hydrogen) atoms. The lowest BCUT2D eigenvalue weighted by molar-refractivity contribution is -0.115. The Morgan fingerprint density at radius 3 is 2.44 bits per heavy atom. The van der Waals surface area contributed by atoms with E-state index in [-0.39, 0.29) is 17.9 Å². The van der Waals surface area contributed by atoms with Crippen LogP contribution in [0, 0.1) is 5.82 Å². The molecule has 0 radical (unpaired) electrons. The van der Waals surface area contributed by atoms with Gasteiger partial charge in [-0.15, -0.1) is 0 Å². The Bertz CT molecular complexity index is 1440. The number of ether oxygens (including phenoxy) is 1. The van der Waals surface area contributed by atoms with E-state index in [0.29, 0.717) is 42.1 Å². The number of hydrogen-bond donors (Lipinski definition) is 2. The maximum Gasteiger partial charge on any atom is 0.417 e. The molecular weight excluding hydrogens is 562 g/mol. The highest BCUT2D eigenvalue weighted by molar-refractivity contribution is 6.09. The number of hydrogen-bond acceptors (Lipinski definition) is 6. The molecule has 3 aliphatic heterocycles. The third-order valence-corrected chi connectivity index (χ3v) is 7.89. The van der Waals surface area contributed by atoms with E-state index in [4.69, 9.17) is 4.74 Å². The summed E-state index contributed by atoms with van der Waals surface area (Å²) in [4.78, 5) is 19.9. The van der Waals surface area contributed by atoms with Gasteiger partial charge in [0.25, 0.3) is 5.91 Å². The topological polar surface area (TPSA) is 60.1 Å². The second kappa shape index (κ2) is 12.5. The summed E-state index contributed by atoms with van der Waals surface area (Å²) in [6.45, 7) is 12.6. The van der Waals surface area contributed by atoms with E-state index in [1.807, 2.05) is 20.9 Å². The number of likely N-dealkylation sites (N-methyl/N-ethyl adjacent to an activating group) is 1. The van der Waals surface area contributed by atoms with Crippen LogP contribution in [0.2, 0.25) is 0 Å². The first-order valence-corrected chi connectivity index (χ1v) is 14.4. The van der Waals surface area contributed by atoms with E-state index >= 15 is 4.39 Å². The van der Waals surface area contributed by atoms with Crippen molar-refractivity contribution in [2.24, 2.45) is 0 Å². The number of halogens is 4. The summed E-state index contributed by atoms with van der Waals surface area (Å²) in [6, 6.07) is 10.2. The van der Waals surface area contributed by atoms with Crippen molar-refractivity contribution < 1.29 is 27.1 Å². The van der Waals surface area contributed by atoms with Crippen LogP contribution in [-0.4, -0.2) is 80.4 Å². The van der Waals surface area contributed by atoms with Gasteiger partial charge in [0.2, 0.25) is 0 Å². The molecule has 11 heteroatoms. The summed E-state index contributed by atoms with van der Waals surface area (Å²) in [5.41, 5.74) is 1.12. The van der Waals surface area contributed by atoms with Gasteiger partial charge >= 0.3 is 6.18 Å². The number of benzene rings is 2. The lowest BCUT2D eigenvalue weighted by Gasteiger charge is -2.35. The molecule has 2 aromatic rings. The van der Waals surface area contributed by atoms with Gasteiger partial charge in [0.15, 0.2) is 0 Å². The van der Waals surface area contributed by atoms with Gasteiger partial charge in [-0.2, -0.15) is 13.2 Å². The van der Waals surface area contributed by atoms with Gasteiger partial charge in [-0.25, -0.2) is 4.39 Å². The highest BCUT2D eigenvalue weighted by Gasteiger charge is 2.40. The predicted molar refractivity (Wildman–Crippen MR) is 160 cm³/mol. The van der Waals surface area contributed by atoms with Crippen LogP contribution in [0.3, 0.4) is 0 Å². The van der Waals surface area contributed by atoms with Gasteiger partial charge < -0.3 is 25.2 Å². The summed E-state index contributed by atoms with van der Waals surface area (Å²) < 4.78 is 62.6. The second-order valence-electron chi connectivity index (χ2n) is 11.5. The van der Waals surface area contributed by atoms with Crippen molar-refractivity contribution >= 4 is 17.3 Å². The molecule has 1 amide bonds. The fraction of sp³-hybridized carbons (Fsp3) is 0.406. The number of allylic oxidation sites excluding steroid dienone is 1. The Morgan fingerprint density at radius 1 is 1.07 bits per heavy atom. The Labute approximate surface area is 249 Å². The zero-order valence-electron chi connectivity index (χ0n) is 24.6. The van der Waals surface area contributed by atoms with Gasteiger partial charge in [0.05, 0.1) is 34.7 Å². The molecule has 3 aliphatic rings.